The van der Waals surface area contributed by atoms with Gasteiger partial charge in [0.15, 0.2) is 0 Å². The van der Waals surface area contributed by atoms with Gasteiger partial charge in [-0.1, -0.05) is 74.5 Å². The number of benzene rings is 2. The van der Waals surface area contributed by atoms with Crippen LogP contribution >= 0.6 is 0 Å². The molecular weight excluding hydrogens is 312 g/mol. The second-order valence-corrected chi connectivity index (χ2v) is 6.43. The van der Waals surface area contributed by atoms with E-state index in [1.54, 1.807) is 0 Å². The molecule has 1 atom stereocenters. The van der Waals surface area contributed by atoms with E-state index in [-0.39, 0.29) is 17.7 Å². The van der Waals surface area contributed by atoms with E-state index in [9.17, 15) is 9.59 Å². The first-order chi connectivity index (χ1) is 12.1. The monoisotopic (exact) mass is 338 g/mol. The zero-order valence-corrected chi connectivity index (χ0v) is 14.9. The molecule has 0 heterocycles. The van der Waals surface area contributed by atoms with Gasteiger partial charge in [0.2, 0.25) is 11.8 Å². The highest BCUT2D eigenvalue weighted by molar-refractivity contribution is 5.88. The van der Waals surface area contributed by atoms with Gasteiger partial charge in [-0.3, -0.25) is 9.59 Å². The molecule has 0 aliphatic heterocycles. The van der Waals surface area contributed by atoms with Crippen LogP contribution in [0.3, 0.4) is 0 Å². The number of carbonyl (C=O) groups is 2. The molecule has 0 aliphatic rings. The Bertz CT molecular complexity index is 669. The van der Waals surface area contributed by atoms with Crippen molar-refractivity contribution >= 4 is 11.8 Å². The Morgan fingerprint density at radius 1 is 0.840 bits per heavy atom. The molecule has 2 rings (SSSR count). The molecule has 4 heteroatoms. The summed E-state index contributed by atoms with van der Waals surface area (Å²) in [4.78, 5) is 24.6. The Morgan fingerprint density at radius 2 is 1.40 bits per heavy atom. The minimum absolute atomic E-state index is 0.112. The summed E-state index contributed by atoms with van der Waals surface area (Å²) in [6.45, 7) is 4.19. The molecule has 2 N–H and O–H groups in total. The molecule has 0 radical (unpaired) electrons. The van der Waals surface area contributed by atoms with E-state index in [0.717, 1.165) is 12.0 Å². The zero-order valence-electron chi connectivity index (χ0n) is 14.9. The third-order valence-corrected chi connectivity index (χ3v) is 4.00. The number of nitrogens with one attached hydrogen (secondary N) is 2. The smallest absolute Gasteiger partial charge is 0.242 e. The van der Waals surface area contributed by atoms with Crippen molar-refractivity contribution in [3.63, 3.8) is 0 Å². The van der Waals surface area contributed by atoms with E-state index < -0.39 is 6.04 Å². The molecule has 4 nitrogen and oxygen atoms in total. The maximum absolute atomic E-state index is 12.6. The molecular formula is C21H26N2O2. The molecule has 0 aliphatic carbocycles. The predicted molar refractivity (Wildman–Crippen MR) is 100 cm³/mol. The second-order valence-electron chi connectivity index (χ2n) is 6.43. The summed E-state index contributed by atoms with van der Waals surface area (Å²) in [5.41, 5.74) is 2.20. The minimum atomic E-state index is -0.562. The SMILES string of the molecule is CC(C)C(=O)NC(Cc1ccccc1)C(=O)NCCc1ccccc1. The van der Waals surface area contributed by atoms with Gasteiger partial charge in [-0.25, -0.2) is 0 Å². The molecule has 2 aromatic rings. The van der Waals surface area contributed by atoms with E-state index >= 15 is 0 Å². The Labute approximate surface area is 149 Å². The molecule has 2 amide bonds. The average Bonchev–Trinajstić information content (AvgIpc) is 2.62. The number of hydrogen-bond acceptors (Lipinski definition) is 2. The Kier molecular flexibility index (Phi) is 7.20. The van der Waals surface area contributed by atoms with E-state index in [2.05, 4.69) is 10.6 Å². The number of rotatable bonds is 8. The molecule has 2 aromatic carbocycles. The topological polar surface area (TPSA) is 58.2 Å². The lowest BCUT2D eigenvalue weighted by atomic mass is 10.0. The first-order valence-electron chi connectivity index (χ1n) is 8.72. The lowest BCUT2D eigenvalue weighted by Gasteiger charge is -2.20. The molecule has 1 unspecified atom stereocenters. The summed E-state index contributed by atoms with van der Waals surface area (Å²) >= 11 is 0. The average molecular weight is 338 g/mol. The molecule has 0 saturated carbocycles. The fourth-order valence-electron chi connectivity index (χ4n) is 2.50. The van der Waals surface area contributed by atoms with Crippen molar-refractivity contribution in [1.82, 2.24) is 10.6 Å². The van der Waals surface area contributed by atoms with Crippen molar-refractivity contribution in [2.45, 2.75) is 32.7 Å². The van der Waals surface area contributed by atoms with Gasteiger partial charge in [0, 0.05) is 18.9 Å². The normalized spacial score (nSPS) is 11.8. The minimum Gasteiger partial charge on any atom is -0.354 e. The van der Waals surface area contributed by atoms with Crippen LogP contribution in [0.25, 0.3) is 0 Å². The number of amides is 2. The van der Waals surface area contributed by atoms with Crippen LogP contribution in [-0.2, 0) is 22.4 Å². The lowest BCUT2D eigenvalue weighted by molar-refractivity contribution is -0.130. The molecule has 0 fully saturated rings. The summed E-state index contributed by atoms with van der Waals surface area (Å²) in [7, 11) is 0. The van der Waals surface area contributed by atoms with E-state index in [0.29, 0.717) is 13.0 Å². The van der Waals surface area contributed by atoms with Crippen molar-refractivity contribution in [1.29, 1.82) is 0 Å². The summed E-state index contributed by atoms with van der Waals surface area (Å²) in [5.74, 6) is -0.414. The highest BCUT2D eigenvalue weighted by atomic mass is 16.2. The standard InChI is InChI=1S/C21H26N2O2/c1-16(2)20(24)23-19(15-18-11-7-4-8-12-18)21(25)22-14-13-17-9-5-3-6-10-17/h3-12,16,19H,13-15H2,1-2H3,(H,22,25)(H,23,24). The van der Waals surface area contributed by atoms with Crippen LogP contribution in [0, 0.1) is 5.92 Å². The molecule has 0 bridgehead atoms. The summed E-state index contributed by atoms with van der Waals surface area (Å²) < 4.78 is 0. The maximum Gasteiger partial charge on any atom is 0.242 e. The largest absolute Gasteiger partial charge is 0.354 e. The lowest BCUT2D eigenvalue weighted by Crippen LogP contribution is -2.49. The number of hydrogen-bond donors (Lipinski definition) is 2. The quantitative estimate of drug-likeness (QED) is 0.777. The third-order valence-electron chi connectivity index (χ3n) is 4.00. The van der Waals surface area contributed by atoms with Crippen molar-refractivity contribution < 1.29 is 9.59 Å². The highest BCUT2D eigenvalue weighted by Crippen LogP contribution is 2.05. The van der Waals surface area contributed by atoms with E-state index in [1.807, 2.05) is 74.5 Å². The van der Waals surface area contributed by atoms with Gasteiger partial charge in [0.1, 0.15) is 6.04 Å². The van der Waals surface area contributed by atoms with Crippen molar-refractivity contribution in [3.8, 4) is 0 Å². The third kappa shape index (κ3) is 6.42. The predicted octanol–water partition coefficient (Wildman–Crippen LogP) is 2.73. The van der Waals surface area contributed by atoms with Gasteiger partial charge in [0.25, 0.3) is 0 Å². The summed E-state index contributed by atoms with van der Waals surface area (Å²) in [6, 6.07) is 19.2. The van der Waals surface area contributed by atoms with Crippen LogP contribution in [0.15, 0.2) is 60.7 Å². The Hall–Kier alpha value is -2.62. The first kappa shape index (κ1) is 18.7. The maximum atomic E-state index is 12.6. The molecule has 0 spiro atoms. The van der Waals surface area contributed by atoms with Crippen LogP contribution in [-0.4, -0.2) is 24.4 Å². The van der Waals surface area contributed by atoms with E-state index in [1.165, 1.54) is 5.56 Å². The Balaban J connectivity index is 1.95. The van der Waals surface area contributed by atoms with Gasteiger partial charge in [0.05, 0.1) is 0 Å². The van der Waals surface area contributed by atoms with Gasteiger partial charge in [-0.05, 0) is 17.5 Å². The van der Waals surface area contributed by atoms with Crippen molar-refractivity contribution in [2.75, 3.05) is 6.54 Å². The van der Waals surface area contributed by atoms with Crippen molar-refractivity contribution in [2.24, 2.45) is 5.92 Å². The molecule has 132 valence electrons. The second kappa shape index (κ2) is 9.62. The molecule has 25 heavy (non-hydrogen) atoms. The van der Waals surface area contributed by atoms with Crippen LogP contribution in [0.2, 0.25) is 0 Å². The summed E-state index contributed by atoms with van der Waals surface area (Å²) in [5, 5.41) is 5.80. The van der Waals surface area contributed by atoms with Gasteiger partial charge >= 0.3 is 0 Å². The summed E-state index contributed by atoms with van der Waals surface area (Å²) in [6.07, 6.45) is 1.25. The first-order valence-corrected chi connectivity index (χ1v) is 8.72. The number of carbonyl (C=O) groups excluding carboxylic acids is 2. The zero-order chi connectivity index (χ0) is 18.1. The van der Waals surface area contributed by atoms with Crippen LogP contribution in [0.1, 0.15) is 25.0 Å². The van der Waals surface area contributed by atoms with Crippen LogP contribution in [0.5, 0.6) is 0 Å². The molecule has 0 saturated heterocycles. The van der Waals surface area contributed by atoms with Gasteiger partial charge in [-0.2, -0.15) is 0 Å². The fourth-order valence-corrected chi connectivity index (χ4v) is 2.50. The van der Waals surface area contributed by atoms with Crippen LogP contribution in [0.4, 0.5) is 0 Å². The Morgan fingerprint density at radius 3 is 1.96 bits per heavy atom. The van der Waals surface area contributed by atoms with Crippen molar-refractivity contribution in [3.05, 3.63) is 71.8 Å². The highest BCUT2D eigenvalue weighted by Gasteiger charge is 2.22. The fraction of sp³-hybridized carbons (Fsp3) is 0.333. The molecule has 0 aromatic heterocycles. The van der Waals surface area contributed by atoms with Gasteiger partial charge < -0.3 is 10.6 Å². The van der Waals surface area contributed by atoms with Gasteiger partial charge in [-0.15, -0.1) is 0 Å². The van der Waals surface area contributed by atoms with E-state index in [4.69, 9.17) is 0 Å². The van der Waals surface area contributed by atoms with Crippen LogP contribution < -0.4 is 10.6 Å².